The summed E-state index contributed by atoms with van der Waals surface area (Å²) >= 11 is 0. The van der Waals surface area contributed by atoms with Gasteiger partial charge < -0.3 is 4.74 Å². The smallest absolute Gasteiger partial charge is 0.417 e. The van der Waals surface area contributed by atoms with Crippen molar-refractivity contribution in [1.82, 2.24) is 4.90 Å². The number of rotatable bonds is 1. The minimum absolute atomic E-state index is 0.173. The van der Waals surface area contributed by atoms with Crippen LogP contribution < -0.4 is 0 Å². The average Bonchev–Trinajstić information content (AvgIpc) is 2.36. The molecule has 0 aromatic heterocycles. The molecule has 0 radical (unpaired) electrons. The van der Waals surface area contributed by atoms with Gasteiger partial charge in [0.05, 0.1) is 10.5 Å². The van der Waals surface area contributed by atoms with Crippen LogP contribution in [0.2, 0.25) is 0 Å². The molecular formula is C14H16N2O5. The second kappa shape index (κ2) is 5.16. The van der Waals surface area contributed by atoms with E-state index in [0.717, 1.165) is 4.90 Å². The Hall–Kier alpha value is -2.44. The molecule has 0 N–H and O–H groups in total. The van der Waals surface area contributed by atoms with Crippen LogP contribution in [0.15, 0.2) is 18.2 Å². The number of non-ortho nitro benzene ring substituents is 1. The average molecular weight is 292 g/mol. The van der Waals surface area contributed by atoms with Crippen molar-refractivity contribution in [2.24, 2.45) is 0 Å². The second-order valence-corrected chi connectivity index (χ2v) is 5.79. The van der Waals surface area contributed by atoms with Gasteiger partial charge in [0, 0.05) is 18.7 Å². The van der Waals surface area contributed by atoms with Crippen molar-refractivity contribution in [2.75, 3.05) is 6.54 Å². The van der Waals surface area contributed by atoms with E-state index in [4.69, 9.17) is 4.74 Å². The highest BCUT2D eigenvalue weighted by Crippen LogP contribution is 2.25. The predicted molar refractivity (Wildman–Crippen MR) is 74.1 cm³/mol. The van der Waals surface area contributed by atoms with Crippen LogP contribution in [0, 0.1) is 10.1 Å². The number of nitro benzene ring substituents is 1. The quantitative estimate of drug-likeness (QED) is 0.586. The van der Waals surface area contributed by atoms with Crippen LogP contribution in [0.3, 0.4) is 0 Å². The first-order valence-corrected chi connectivity index (χ1v) is 6.51. The zero-order valence-corrected chi connectivity index (χ0v) is 12.1. The Morgan fingerprint density at radius 2 is 2.05 bits per heavy atom. The molecule has 0 saturated carbocycles. The Bertz CT molecular complexity index is 618. The van der Waals surface area contributed by atoms with Crippen molar-refractivity contribution in [3.63, 3.8) is 0 Å². The van der Waals surface area contributed by atoms with Gasteiger partial charge in [-0.15, -0.1) is 0 Å². The molecule has 7 nitrogen and oxygen atoms in total. The number of nitro groups is 1. The summed E-state index contributed by atoms with van der Waals surface area (Å²) in [6.07, 6.45) is -0.275. The van der Waals surface area contributed by atoms with Gasteiger partial charge in [-0.2, -0.15) is 0 Å². The summed E-state index contributed by atoms with van der Waals surface area (Å²) in [5.41, 5.74) is 0.000190. The van der Waals surface area contributed by atoms with Gasteiger partial charge >= 0.3 is 6.09 Å². The molecule has 0 aliphatic carbocycles. The molecule has 2 rings (SSSR count). The third-order valence-electron chi connectivity index (χ3n) is 3.00. The first-order valence-electron chi connectivity index (χ1n) is 6.51. The van der Waals surface area contributed by atoms with E-state index in [1.807, 2.05) is 0 Å². The Kier molecular flexibility index (Phi) is 3.67. The maximum atomic E-state index is 12.3. The van der Waals surface area contributed by atoms with E-state index in [9.17, 15) is 19.7 Å². The standard InChI is InChI=1S/C14H16N2O5/c1-14(2,3)21-13(18)15-7-6-9-4-5-10(16(19)20)8-11(9)12(15)17/h4-5,8H,6-7H2,1-3H3. The third kappa shape index (κ3) is 3.18. The van der Waals surface area contributed by atoms with E-state index in [2.05, 4.69) is 0 Å². The minimum Gasteiger partial charge on any atom is -0.443 e. The Morgan fingerprint density at radius 3 is 2.62 bits per heavy atom. The molecule has 0 fully saturated rings. The van der Waals surface area contributed by atoms with Crippen LogP contribution in [0.1, 0.15) is 36.7 Å². The molecule has 1 aromatic carbocycles. The second-order valence-electron chi connectivity index (χ2n) is 5.79. The topological polar surface area (TPSA) is 89.8 Å². The molecule has 0 unspecified atom stereocenters. The maximum absolute atomic E-state index is 12.3. The minimum atomic E-state index is -0.732. The van der Waals surface area contributed by atoms with E-state index < -0.39 is 22.5 Å². The number of nitrogens with zero attached hydrogens (tertiary/aromatic N) is 2. The van der Waals surface area contributed by atoms with Crippen LogP contribution in [0.4, 0.5) is 10.5 Å². The van der Waals surface area contributed by atoms with Gasteiger partial charge in [0.1, 0.15) is 5.60 Å². The lowest BCUT2D eigenvalue weighted by Crippen LogP contribution is -2.44. The van der Waals surface area contributed by atoms with E-state index in [-0.39, 0.29) is 17.8 Å². The third-order valence-corrected chi connectivity index (χ3v) is 3.00. The molecular weight excluding hydrogens is 276 g/mol. The normalized spacial score (nSPS) is 14.6. The summed E-state index contributed by atoms with van der Waals surface area (Å²) in [7, 11) is 0. The fourth-order valence-electron chi connectivity index (χ4n) is 2.07. The summed E-state index contributed by atoms with van der Waals surface area (Å²) in [5.74, 6) is -0.561. The van der Waals surface area contributed by atoms with E-state index in [1.165, 1.54) is 12.1 Å². The van der Waals surface area contributed by atoms with Gasteiger partial charge in [-0.05, 0) is 32.8 Å². The summed E-state index contributed by atoms with van der Waals surface area (Å²) < 4.78 is 5.17. The van der Waals surface area contributed by atoms with Crippen LogP contribution in [0.5, 0.6) is 0 Å². The lowest BCUT2D eigenvalue weighted by Gasteiger charge is -2.29. The van der Waals surface area contributed by atoms with Gasteiger partial charge in [0.15, 0.2) is 0 Å². The SMILES string of the molecule is CC(C)(C)OC(=O)N1CCc2ccc([N+](=O)[O-])cc2C1=O. The van der Waals surface area contributed by atoms with Crippen molar-refractivity contribution in [2.45, 2.75) is 32.8 Å². The van der Waals surface area contributed by atoms with E-state index in [0.29, 0.717) is 12.0 Å². The van der Waals surface area contributed by atoms with Gasteiger partial charge in [0.25, 0.3) is 11.6 Å². The summed E-state index contributed by atoms with van der Waals surface area (Å²) in [4.78, 5) is 35.5. The highest BCUT2D eigenvalue weighted by atomic mass is 16.6. The number of amides is 2. The molecule has 2 amide bonds. The van der Waals surface area contributed by atoms with E-state index in [1.54, 1.807) is 26.8 Å². The summed E-state index contributed by atoms with van der Waals surface area (Å²) in [6.45, 7) is 5.33. The lowest BCUT2D eigenvalue weighted by molar-refractivity contribution is -0.384. The fourth-order valence-corrected chi connectivity index (χ4v) is 2.07. The summed E-state index contributed by atoms with van der Waals surface area (Å²) in [5, 5.41) is 10.8. The number of carbonyl (C=O) groups is 2. The zero-order valence-electron chi connectivity index (χ0n) is 12.1. The molecule has 1 aliphatic heterocycles. The van der Waals surface area contributed by atoms with Crippen LogP contribution >= 0.6 is 0 Å². The predicted octanol–water partition coefficient (Wildman–Crippen LogP) is 2.53. The first kappa shape index (κ1) is 15.0. The molecule has 0 bridgehead atoms. The van der Waals surface area contributed by atoms with Gasteiger partial charge in [-0.25, -0.2) is 9.69 Å². The van der Waals surface area contributed by atoms with Crippen LogP contribution in [-0.4, -0.2) is 34.0 Å². The molecule has 1 aromatic rings. The fraction of sp³-hybridized carbons (Fsp3) is 0.429. The molecule has 21 heavy (non-hydrogen) atoms. The highest BCUT2D eigenvalue weighted by Gasteiger charge is 2.33. The molecule has 1 heterocycles. The van der Waals surface area contributed by atoms with E-state index >= 15 is 0 Å². The lowest BCUT2D eigenvalue weighted by atomic mass is 9.98. The monoisotopic (exact) mass is 292 g/mol. The Morgan fingerprint density at radius 1 is 1.38 bits per heavy atom. The van der Waals surface area contributed by atoms with Crippen LogP contribution in [-0.2, 0) is 11.2 Å². The maximum Gasteiger partial charge on any atom is 0.417 e. The number of hydrogen-bond donors (Lipinski definition) is 0. The number of hydrogen-bond acceptors (Lipinski definition) is 5. The van der Waals surface area contributed by atoms with Crippen molar-refractivity contribution >= 4 is 17.7 Å². The molecule has 112 valence electrons. The molecule has 1 aliphatic rings. The highest BCUT2D eigenvalue weighted by molar-refractivity contribution is 6.05. The zero-order chi connectivity index (χ0) is 15.8. The number of imide groups is 1. The number of ether oxygens (including phenoxy) is 1. The Balaban J connectivity index is 2.29. The van der Waals surface area contributed by atoms with Gasteiger partial charge in [-0.3, -0.25) is 14.9 Å². The van der Waals surface area contributed by atoms with Crippen molar-refractivity contribution in [3.05, 3.63) is 39.4 Å². The number of carbonyl (C=O) groups excluding carboxylic acids is 2. The molecule has 0 atom stereocenters. The molecule has 7 heteroatoms. The Labute approximate surface area is 121 Å². The molecule has 0 saturated heterocycles. The first-order chi connectivity index (χ1) is 9.69. The van der Waals surface area contributed by atoms with Crippen molar-refractivity contribution < 1.29 is 19.2 Å². The van der Waals surface area contributed by atoms with Crippen LogP contribution in [0.25, 0.3) is 0 Å². The number of fused-ring (bicyclic) bond motifs is 1. The van der Waals surface area contributed by atoms with Crippen molar-refractivity contribution in [3.8, 4) is 0 Å². The largest absolute Gasteiger partial charge is 0.443 e. The van der Waals surface area contributed by atoms with Gasteiger partial charge in [-0.1, -0.05) is 6.07 Å². The van der Waals surface area contributed by atoms with Gasteiger partial charge in [0.2, 0.25) is 0 Å². The van der Waals surface area contributed by atoms with Crippen molar-refractivity contribution in [1.29, 1.82) is 0 Å². The molecule has 0 spiro atoms. The summed E-state index contributed by atoms with van der Waals surface area (Å²) in [6, 6.07) is 4.11. The number of benzene rings is 1.